The van der Waals surface area contributed by atoms with Crippen molar-refractivity contribution >= 4 is 5.97 Å². The van der Waals surface area contributed by atoms with E-state index in [1.807, 2.05) is 36.4 Å². The van der Waals surface area contributed by atoms with Crippen LogP contribution in [0.1, 0.15) is 11.1 Å². The number of carbonyl (C=O) groups excluding carboxylic acids is 1. The molecule has 5 nitrogen and oxygen atoms in total. The van der Waals surface area contributed by atoms with Crippen LogP contribution in [0.3, 0.4) is 0 Å². The van der Waals surface area contributed by atoms with Gasteiger partial charge < -0.3 is 14.6 Å². The highest BCUT2D eigenvalue weighted by atomic mass is 16.6. The minimum Gasteiger partial charge on any atom is -0.490 e. The van der Waals surface area contributed by atoms with Crippen LogP contribution in [0.25, 0.3) is 0 Å². The Bertz CT molecular complexity index is 691. The summed E-state index contributed by atoms with van der Waals surface area (Å²) in [4.78, 5) is 12.0. The fraction of sp³-hybridized carbons (Fsp3) is 0.222. The molecule has 0 radical (unpaired) electrons. The molecule has 0 aliphatic rings. The first-order valence-electron chi connectivity index (χ1n) is 7.05. The third-order valence-corrected chi connectivity index (χ3v) is 3.37. The number of esters is 1. The molecule has 0 aliphatic carbocycles. The second-order valence-electron chi connectivity index (χ2n) is 5.11. The summed E-state index contributed by atoms with van der Waals surface area (Å²) < 4.78 is 10.2. The van der Waals surface area contributed by atoms with Gasteiger partial charge in [-0.2, -0.15) is 5.26 Å². The summed E-state index contributed by atoms with van der Waals surface area (Å²) in [6, 6.07) is 17.6. The van der Waals surface area contributed by atoms with E-state index < -0.39 is 11.6 Å². The van der Waals surface area contributed by atoms with E-state index in [1.165, 1.54) is 7.11 Å². The van der Waals surface area contributed by atoms with Crippen molar-refractivity contribution in [2.75, 3.05) is 13.7 Å². The number of aliphatic hydroxyl groups is 1. The molecule has 2 aromatic carbocycles. The summed E-state index contributed by atoms with van der Waals surface area (Å²) in [5.41, 5.74) is -0.488. The Balaban J connectivity index is 2.11. The summed E-state index contributed by atoms with van der Waals surface area (Å²) >= 11 is 0. The molecule has 118 valence electrons. The van der Waals surface area contributed by atoms with Gasteiger partial charge in [0.15, 0.2) is 5.60 Å². The molecule has 0 heterocycles. The Kier molecular flexibility index (Phi) is 5.34. The number of ether oxygens (including phenoxy) is 2. The van der Waals surface area contributed by atoms with Gasteiger partial charge in [-0.1, -0.05) is 30.3 Å². The number of benzene rings is 2. The van der Waals surface area contributed by atoms with Gasteiger partial charge >= 0.3 is 5.97 Å². The lowest BCUT2D eigenvalue weighted by atomic mass is 9.95. The molecular weight excluding hydrogens is 294 g/mol. The smallest absolute Gasteiger partial charge is 0.341 e. The normalized spacial score (nSPS) is 12.7. The zero-order chi connectivity index (χ0) is 16.7. The highest BCUT2D eigenvalue weighted by Crippen LogP contribution is 2.19. The van der Waals surface area contributed by atoms with Crippen LogP contribution in [-0.4, -0.2) is 30.4 Å². The average Bonchev–Trinajstić information content (AvgIpc) is 2.60. The van der Waals surface area contributed by atoms with E-state index >= 15 is 0 Å². The largest absolute Gasteiger partial charge is 0.490 e. The Morgan fingerprint density at radius 2 is 1.83 bits per heavy atom. The van der Waals surface area contributed by atoms with Crippen molar-refractivity contribution in [2.45, 2.75) is 12.0 Å². The van der Waals surface area contributed by atoms with E-state index in [1.54, 1.807) is 24.3 Å². The first-order chi connectivity index (χ1) is 11.1. The molecule has 0 fully saturated rings. The summed E-state index contributed by atoms with van der Waals surface area (Å²) in [6.45, 7) is -0.250. The van der Waals surface area contributed by atoms with Gasteiger partial charge in [0, 0.05) is 6.42 Å². The molecule has 23 heavy (non-hydrogen) atoms. The molecule has 2 rings (SSSR count). The molecular formula is C18H17NO4. The molecule has 0 amide bonds. The maximum Gasteiger partial charge on any atom is 0.341 e. The summed E-state index contributed by atoms with van der Waals surface area (Å²) in [5, 5.41) is 19.4. The third-order valence-electron chi connectivity index (χ3n) is 3.37. The fourth-order valence-electron chi connectivity index (χ4n) is 2.13. The lowest BCUT2D eigenvalue weighted by molar-refractivity contribution is -0.165. The van der Waals surface area contributed by atoms with Crippen molar-refractivity contribution in [3.8, 4) is 11.8 Å². The molecule has 0 aliphatic heterocycles. The van der Waals surface area contributed by atoms with Gasteiger partial charge in [0.25, 0.3) is 0 Å². The zero-order valence-corrected chi connectivity index (χ0v) is 12.7. The van der Waals surface area contributed by atoms with Crippen LogP contribution >= 0.6 is 0 Å². The maximum absolute atomic E-state index is 12.0. The highest BCUT2D eigenvalue weighted by molar-refractivity contribution is 5.79. The molecule has 2 aromatic rings. The van der Waals surface area contributed by atoms with Crippen LogP contribution in [0.15, 0.2) is 54.6 Å². The molecule has 0 saturated heterocycles. The quantitative estimate of drug-likeness (QED) is 0.826. The van der Waals surface area contributed by atoms with Crippen LogP contribution in [0.2, 0.25) is 0 Å². The van der Waals surface area contributed by atoms with E-state index in [9.17, 15) is 9.90 Å². The minimum absolute atomic E-state index is 0.0802. The highest BCUT2D eigenvalue weighted by Gasteiger charge is 2.38. The van der Waals surface area contributed by atoms with Crippen molar-refractivity contribution in [3.05, 3.63) is 65.7 Å². The second-order valence-corrected chi connectivity index (χ2v) is 5.11. The average molecular weight is 311 g/mol. The third kappa shape index (κ3) is 4.31. The molecule has 0 aromatic heterocycles. The number of hydrogen-bond acceptors (Lipinski definition) is 5. The number of carbonyl (C=O) groups is 1. The predicted octanol–water partition coefficient (Wildman–Crippen LogP) is 2.08. The maximum atomic E-state index is 12.0. The molecule has 1 N–H and O–H groups in total. The van der Waals surface area contributed by atoms with Crippen LogP contribution in [0.5, 0.6) is 5.75 Å². The van der Waals surface area contributed by atoms with Gasteiger partial charge in [-0.3, -0.25) is 0 Å². The first kappa shape index (κ1) is 16.5. The Morgan fingerprint density at radius 1 is 1.17 bits per heavy atom. The van der Waals surface area contributed by atoms with Crippen molar-refractivity contribution < 1.29 is 19.4 Å². The van der Waals surface area contributed by atoms with Gasteiger partial charge in [0.1, 0.15) is 12.4 Å². The molecule has 0 bridgehead atoms. The van der Waals surface area contributed by atoms with Crippen molar-refractivity contribution in [1.29, 1.82) is 5.26 Å². The van der Waals surface area contributed by atoms with Gasteiger partial charge in [-0.15, -0.1) is 0 Å². The predicted molar refractivity (Wildman–Crippen MR) is 83.8 cm³/mol. The van der Waals surface area contributed by atoms with Crippen LogP contribution in [-0.2, 0) is 16.0 Å². The number of hydrogen-bond donors (Lipinski definition) is 1. The van der Waals surface area contributed by atoms with E-state index in [2.05, 4.69) is 0 Å². The SMILES string of the molecule is COC(=O)[C@@](O)(COc1ccc(C#N)cc1)Cc1ccccc1. The lowest BCUT2D eigenvalue weighted by Crippen LogP contribution is -2.47. The lowest BCUT2D eigenvalue weighted by Gasteiger charge is -2.25. The topological polar surface area (TPSA) is 79.6 Å². The summed E-state index contributed by atoms with van der Waals surface area (Å²) in [6.07, 6.45) is 0.0802. The Hall–Kier alpha value is -2.84. The van der Waals surface area contributed by atoms with E-state index in [-0.39, 0.29) is 13.0 Å². The van der Waals surface area contributed by atoms with Gasteiger partial charge in [-0.05, 0) is 29.8 Å². The number of nitrogens with zero attached hydrogens (tertiary/aromatic N) is 1. The molecule has 0 unspecified atom stereocenters. The van der Waals surface area contributed by atoms with Crippen LogP contribution in [0.4, 0.5) is 0 Å². The Morgan fingerprint density at radius 3 is 2.39 bits per heavy atom. The van der Waals surface area contributed by atoms with Gasteiger partial charge in [-0.25, -0.2) is 4.79 Å². The van der Waals surface area contributed by atoms with E-state index in [0.29, 0.717) is 11.3 Å². The van der Waals surface area contributed by atoms with Gasteiger partial charge in [0.05, 0.1) is 18.7 Å². The number of nitriles is 1. The minimum atomic E-state index is -1.79. The van der Waals surface area contributed by atoms with Crippen molar-refractivity contribution in [3.63, 3.8) is 0 Å². The standard InChI is InChI=1S/C18H17NO4/c1-22-17(20)18(21,11-14-5-3-2-4-6-14)13-23-16-9-7-15(12-19)8-10-16/h2-10,21H,11,13H2,1H3/t18-/m0/s1. The second kappa shape index (κ2) is 7.43. The number of methoxy groups -OCH3 is 1. The van der Waals surface area contributed by atoms with Crippen molar-refractivity contribution in [1.82, 2.24) is 0 Å². The number of rotatable bonds is 6. The van der Waals surface area contributed by atoms with Gasteiger partial charge in [0.2, 0.25) is 0 Å². The zero-order valence-electron chi connectivity index (χ0n) is 12.7. The first-order valence-corrected chi connectivity index (χ1v) is 7.05. The fourth-order valence-corrected chi connectivity index (χ4v) is 2.13. The van der Waals surface area contributed by atoms with E-state index in [0.717, 1.165) is 5.56 Å². The molecule has 1 atom stereocenters. The van der Waals surface area contributed by atoms with Crippen molar-refractivity contribution in [2.24, 2.45) is 0 Å². The van der Waals surface area contributed by atoms with E-state index in [4.69, 9.17) is 14.7 Å². The molecule has 5 heteroatoms. The summed E-state index contributed by atoms with van der Waals surface area (Å²) in [7, 11) is 1.22. The van der Waals surface area contributed by atoms with Crippen LogP contribution in [0, 0.1) is 11.3 Å². The monoisotopic (exact) mass is 311 g/mol. The Labute approximate surface area is 134 Å². The molecule has 0 saturated carbocycles. The van der Waals surface area contributed by atoms with Crippen LogP contribution < -0.4 is 4.74 Å². The summed E-state index contributed by atoms with van der Waals surface area (Å²) in [5.74, 6) is -0.297. The molecule has 0 spiro atoms.